The molecule has 2 aromatic carbocycles. The third-order valence-electron chi connectivity index (χ3n) is 4.20. The van der Waals surface area contributed by atoms with E-state index < -0.39 is 6.36 Å². The molecule has 0 unspecified atom stereocenters. The van der Waals surface area contributed by atoms with Gasteiger partial charge in [0.1, 0.15) is 5.75 Å². The Morgan fingerprint density at radius 1 is 1.11 bits per heavy atom. The fraction of sp³-hybridized carbons (Fsp3) is 0.316. The van der Waals surface area contributed by atoms with Gasteiger partial charge in [0.2, 0.25) is 0 Å². The minimum Gasteiger partial charge on any atom is -0.406 e. The highest BCUT2D eigenvalue weighted by atomic mass is 32.1. The van der Waals surface area contributed by atoms with E-state index in [1.807, 2.05) is 18.2 Å². The summed E-state index contributed by atoms with van der Waals surface area (Å²) in [7, 11) is 0. The van der Waals surface area contributed by atoms with Gasteiger partial charge in [-0.1, -0.05) is 30.3 Å². The Balaban J connectivity index is 1.44. The number of anilines is 1. The van der Waals surface area contributed by atoms with Crippen molar-refractivity contribution in [1.82, 2.24) is 10.2 Å². The largest absolute Gasteiger partial charge is 0.573 e. The van der Waals surface area contributed by atoms with Crippen LogP contribution in [-0.4, -0.2) is 35.5 Å². The molecule has 0 amide bonds. The van der Waals surface area contributed by atoms with Crippen LogP contribution in [0.1, 0.15) is 12.0 Å². The van der Waals surface area contributed by atoms with E-state index >= 15 is 0 Å². The average molecular weight is 395 g/mol. The first-order valence-electron chi connectivity index (χ1n) is 8.57. The second-order valence-electron chi connectivity index (χ2n) is 6.38. The topological polar surface area (TPSA) is 36.5 Å². The van der Waals surface area contributed by atoms with E-state index in [1.165, 1.54) is 29.8 Å². The molecule has 2 aromatic rings. The summed E-state index contributed by atoms with van der Waals surface area (Å²) < 4.78 is 40.4. The average Bonchev–Trinajstić information content (AvgIpc) is 3.03. The highest BCUT2D eigenvalue weighted by molar-refractivity contribution is 7.80. The quantitative estimate of drug-likeness (QED) is 0.744. The van der Waals surface area contributed by atoms with Crippen molar-refractivity contribution >= 4 is 23.0 Å². The van der Waals surface area contributed by atoms with Crippen LogP contribution in [0.4, 0.5) is 18.9 Å². The first-order valence-corrected chi connectivity index (χ1v) is 8.98. The van der Waals surface area contributed by atoms with Crippen LogP contribution >= 0.6 is 12.2 Å². The van der Waals surface area contributed by atoms with E-state index in [0.717, 1.165) is 26.1 Å². The zero-order valence-corrected chi connectivity index (χ0v) is 15.3. The molecule has 0 radical (unpaired) electrons. The normalized spacial score (nSPS) is 17.5. The molecule has 0 spiro atoms. The maximum atomic E-state index is 12.2. The van der Waals surface area contributed by atoms with Gasteiger partial charge in [-0.25, -0.2) is 0 Å². The number of nitrogens with one attached hydrogen (secondary N) is 2. The number of alkyl halides is 3. The van der Waals surface area contributed by atoms with E-state index in [1.54, 1.807) is 0 Å². The van der Waals surface area contributed by atoms with Gasteiger partial charge in [-0.05, 0) is 48.5 Å². The van der Waals surface area contributed by atoms with Crippen molar-refractivity contribution in [2.24, 2.45) is 0 Å². The van der Waals surface area contributed by atoms with E-state index in [-0.39, 0.29) is 11.8 Å². The molecular weight excluding hydrogens is 375 g/mol. The monoisotopic (exact) mass is 395 g/mol. The lowest BCUT2D eigenvalue weighted by molar-refractivity contribution is -0.274. The van der Waals surface area contributed by atoms with Gasteiger partial charge >= 0.3 is 6.36 Å². The summed E-state index contributed by atoms with van der Waals surface area (Å²) in [5.74, 6) is -0.265. The summed E-state index contributed by atoms with van der Waals surface area (Å²) in [5.41, 5.74) is 1.88. The molecule has 1 fully saturated rings. The van der Waals surface area contributed by atoms with E-state index in [9.17, 15) is 13.2 Å². The smallest absolute Gasteiger partial charge is 0.406 e. The molecule has 4 nitrogen and oxygen atoms in total. The number of thiocarbonyl (C=S) groups is 1. The number of hydrogen-bond acceptors (Lipinski definition) is 3. The maximum absolute atomic E-state index is 12.2. The molecule has 0 aromatic heterocycles. The van der Waals surface area contributed by atoms with Crippen LogP contribution in [-0.2, 0) is 6.54 Å². The predicted molar refractivity (Wildman–Crippen MR) is 103 cm³/mol. The van der Waals surface area contributed by atoms with Crippen LogP contribution in [0.5, 0.6) is 5.75 Å². The van der Waals surface area contributed by atoms with Crippen molar-refractivity contribution in [3.05, 3.63) is 60.2 Å². The van der Waals surface area contributed by atoms with Crippen LogP contribution < -0.4 is 15.4 Å². The fourth-order valence-corrected chi connectivity index (χ4v) is 3.31. The third-order valence-corrected chi connectivity index (χ3v) is 4.42. The molecule has 144 valence electrons. The van der Waals surface area contributed by atoms with Crippen molar-refractivity contribution in [3.63, 3.8) is 0 Å². The second kappa shape index (κ2) is 8.58. The van der Waals surface area contributed by atoms with Crippen molar-refractivity contribution in [2.45, 2.75) is 25.4 Å². The highest BCUT2D eigenvalue weighted by Crippen LogP contribution is 2.24. The summed E-state index contributed by atoms with van der Waals surface area (Å²) >= 11 is 5.31. The summed E-state index contributed by atoms with van der Waals surface area (Å²) in [6, 6.07) is 16.0. The minimum absolute atomic E-state index is 0.238. The number of benzene rings is 2. The number of halogens is 3. The van der Waals surface area contributed by atoms with E-state index in [4.69, 9.17) is 12.2 Å². The van der Waals surface area contributed by atoms with Crippen molar-refractivity contribution < 1.29 is 17.9 Å². The molecule has 1 atom stereocenters. The van der Waals surface area contributed by atoms with Crippen LogP contribution in [0.3, 0.4) is 0 Å². The first kappa shape index (κ1) is 19.4. The summed E-state index contributed by atoms with van der Waals surface area (Å²) in [6.45, 7) is 2.77. The van der Waals surface area contributed by atoms with Gasteiger partial charge in [0.05, 0.1) is 0 Å². The Bertz CT molecular complexity index is 753. The Labute approximate surface area is 161 Å². The first-order chi connectivity index (χ1) is 12.9. The third kappa shape index (κ3) is 6.41. The number of likely N-dealkylation sites (tertiary alicyclic amines) is 1. The number of ether oxygens (including phenoxy) is 1. The van der Waals surface area contributed by atoms with Gasteiger partial charge in [-0.3, -0.25) is 4.90 Å². The zero-order valence-electron chi connectivity index (χ0n) is 14.5. The molecule has 27 heavy (non-hydrogen) atoms. The number of hydrogen-bond donors (Lipinski definition) is 2. The lowest BCUT2D eigenvalue weighted by Crippen LogP contribution is -2.39. The molecule has 1 aliphatic heterocycles. The molecule has 1 heterocycles. The van der Waals surface area contributed by atoms with Crippen molar-refractivity contribution in [1.29, 1.82) is 0 Å². The number of rotatable bonds is 5. The lowest BCUT2D eigenvalue weighted by atomic mass is 10.2. The summed E-state index contributed by atoms with van der Waals surface area (Å²) in [5, 5.41) is 6.70. The molecule has 1 aliphatic rings. The van der Waals surface area contributed by atoms with Crippen LogP contribution in [0.2, 0.25) is 0 Å². The number of nitrogens with zero attached hydrogens (tertiary/aromatic N) is 1. The van der Waals surface area contributed by atoms with E-state index in [2.05, 4.69) is 32.4 Å². The van der Waals surface area contributed by atoms with Crippen molar-refractivity contribution in [2.75, 3.05) is 18.4 Å². The van der Waals surface area contributed by atoms with Gasteiger partial charge < -0.3 is 15.4 Å². The second-order valence-corrected chi connectivity index (χ2v) is 6.79. The van der Waals surface area contributed by atoms with Gasteiger partial charge in [-0.2, -0.15) is 0 Å². The van der Waals surface area contributed by atoms with Crippen molar-refractivity contribution in [3.8, 4) is 5.75 Å². The molecule has 1 saturated heterocycles. The predicted octanol–water partition coefficient (Wildman–Crippen LogP) is 4.15. The van der Waals surface area contributed by atoms with Gasteiger partial charge in [0, 0.05) is 31.4 Å². The van der Waals surface area contributed by atoms with Gasteiger partial charge in [-0.15, -0.1) is 13.2 Å². The molecule has 3 rings (SSSR count). The molecule has 0 saturated carbocycles. The summed E-state index contributed by atoms with van der Waals surface area (Å²) in [6.07, 6.45) is -3.72. The Kier molecular flexibility index (Phi) is 6.18. The Morgan fingerprint density at radius 2 is 1.81 bits per heavy atom. The molecule has 8 heteroatoms. The standard InChI is InChI=1S/C19H20F3N3OS/c20-19(21,22)26-17-8-6-15(7-9-17)23-18(27)24-16-10-11-25(13-16)12-14-4-2-1-3-5-14/h1-9,16H,10-13H2,(H2,23,24,27)/t16-/m0/s1. The maximum Gasteiger partial charge on any atom is 0.573 e. The van der Waals surface area contributed by atoms with Gasteiger partial charge in [0.15, 0.2) is 5.11 Å². The summed E-state index contributed by atoms with van der Waals surface area (Å²) in [4.78, 5) is 2.36. The Morgan fingerprint density at radius 3 is 2.48 bits per heavy atom. The van der Waals surface area contributed by atoms with Crippen LogP contribution in [0, 0.1) is 0 Å². The van der Waals surface area contributed by atoms with Crippen LogP contribution in [0.25, 0.3) is 0 Å². The minimum atomic E-state index is -4.69. The lowest BCUT2D eigenvalue weighted by Gasteiger charge is -2.18. The Hall–Kier alpha value is -2.32. The van der Waals surface area contributed by atoms with E-state index in [0.29, 0.717) is 10.8 Å². The molecule has 2 N–H and O–H groups in total. The molecule has 0 bridgehead atoms. The SMILES string of the molecule is FC(F)(F)Oc1ccc(NC(=S)N[C@H]2CCN(Cc3ccccc3)C2)cc1. The van der Waals surface area contributed by atoms with Gasteiger partial charge in [0.25, 0.3) is 0 Å². The molecular formula is C19H20F3N3OS. The highest BCUT2D eigenvalue weighted by Gasteiger charge is 2.31. The zero-order chi connectivity index (χ0) is 19.3. The fourth-order valence-electron chi connectivity index (χ4n) is 3.03. The van der Waals surface area contributed by atoms with Crippen LogP contribution in [0.15, 0.2) is 54.6 Å². The molecule has 0 aliphatic carbocycles.